The summed E-state index contributed by atoms with van der Waals surface area (Å²) in [6.45, 7) is 3.43. The van der Waals surface area contributed by atoms with Gasteiger partial charge in [0.05, 0.1) is 17.2 Å². The van der Waals surface area contributed by atoms with E-state index in [0.29, 0.717) is 0 Å². The van der Waals surface area contributed by atoms with E-state index in [9.17, 15) is 19.5 Å². The summed E-state index contributed by atoms with van der Waals surface area (Å²) in [5, 5.41) is 24.3. The number of aromatic carboxylic acids is 1. The standard InChI is InChI=1S/C27H26N2O6/c1-15(25(31)29-23-13-17(26(32)33)11-12-24(23)30)16(2)28-27(34)35-14-22-20-9-5-3-7-18(20)19-8-4-6-10-21(19)22/h3-13,15-16,22,30H,14H2,1-2H3,(H,28,34)(H,29,31)(H,32,33). The largest absolute Gasteiger partial charge is 0.506 e. The Morgan fingerprint density at radius 3 is 2.14 bits per heavy atom. The molecule has 8 heteroatoms. The molecule has 4 N–H and O–H groups in total. The van der Waals surface area contributed by atoms with Crippen LogP contribution in [0.25, 0.3) is 11.1 Å². The minimum absolute atomic E-state index is 0.0184. The number of benzene rings is 3. The van der Waals surface area contributed by atoms with E-state index in [1.165, 1.54) is 18.2 Å². The van der Waals surface area contributed by atoms with E-state index >= 15 is 0 Å². The third-order valence-corrected chi connectivity index (χ3v) is 6.35. The smallest absolute Gasteiger partial charge is 0.407 e. The lowest BCUT2D eigenvalue weighted by Gasteiger charge is -2.22. The predicted molar refractivity (Wildman–Crippen MR) is 131 cm³/mol. The average molecular weight is 475 g/mol. The monoisotopic (exact) mass is 474 g/mol. The lowest BCUT2D eigenvalue weighted by Crippen LogP contribution is -2.42. The van der Waals surface area contributed by atoms with Crippen molar-refractivity contribution >= 4 is 23.7 Å². The first-order valence-corrected chi connectivity index (χ1v) is 11.2. The lowest BCUT2D eigenvalue weighted by molar-refractivity contribution is -0.120. The van der Waals surface area contributed by atoms with Crippen molar-refractivity contribution in [3.05, 3.63) is 83.4 Å². The molecule has 0 aromatic heterocycles. The summed E-state index contributed by atoms with van der Waals surface area (Å²) >= 11 is 0. The van der Waals surface area contributed by atoms with Gasteiger partial charge in [-0.25, -0.2) is 9.59 Å². The molecule has 2 unspecified atom stereocenters. The second-order valence-electron chi connectivity index (χ2n) is 8.57. The Balaban J connectivity index is 1.35. The fraction of sp³-hybridized carbons (Fsp3) is 0.222. The van der Waals surface area contributed by atoms with Gasteiger partial charge >= 0.3 is 12.1 Å². The highest BCUT2D eigenvalue weighted by Crippen LogP contribution is 2.44. The van der Waals surface area contributed by atoms with Crippen molar-refractivity contribution in [2.75, 3.05) is 11.9 Å². The van der Waals surface area contributed by atoms with Crippen LogP contribution in [0.1, 0.15) is 41.3 Å². The second kappa shape index (κ2) is 9.89. The van der Waals surface area contributed by atoms with Gasteiger partial charge in [-0.1, -0.05) is 55.5 Å². The first-order chi connectivity index (χ1) is 16.8. The Kier molecular flexibility index (Phi) is 6.73. The van der Waals surface area contributed by atoms with Gasteiger partial charge in [0.2, 0.25) is 5.91 Å². The van der Waals surface area contributed by atoms with Crippen LogP contribution in [-0.2, 0) is 9.53 Å². The number of anilines is 1. The fourth-order valence-electron chi connectivity index (χ4n) is 4.19. The van der Waals surface area contributed by atoms with E-state index in [2.05, 4.69) is 22.8 Å². The summed E-state index contributed by atoms with van der Waals surface area (Å²) in [7, 11) is 0. The molecular formula is C27H26N2O6. The zero-order valence-corrected chi connectivity index (χ0v) is 19.3. The molecule has 0 fully saturated rings. The highest BCUT2D eigenvalue weighted by molar-refractivity contribution is 5.96. The molecule has 0 radical (unpaired) electrons. The summed E-state index contributed by atoms with van der Waals surface area (Å²) in [5.74, 6) is -2.70. The van der Waals surface area contributed by atoms with Gasteiger partial charge in [0.15, 0.2) is 0 Å². The number of hydrogen-bond acceptors (Lipinski definition) is 5. The Morgan fingerprint density at radius 2 is 1.54 bits per heavy atom. The number of aromatic hydroxyl groups is 1. The topological polar surface area (TPSA) is 125 Å². The van der Waals surface area contributed by atoms with Gasteiger partial charge in [-0.3, -0.25) is 4.79 Å². The molecule has 180 valence electrons. The normalized spacial score (nSPS) is 13.8. The number of fused-ring (bicyclic) bond motifs is 3. The summed E-state index contributed by atoms with van der Waals surface area (Å²) in [4.78, 5) is 36.3. The molecule has 1 aliphatic carbocycles. The van der Waals surface area contributed by atoms with Gasteiger partial charge in [-0.05, 0) is 47.4 Å². The molecular weight excluding hydrogens is 448 g/mol. The molecule has 0 saturated heterocycles. The summed E-state index contributed by atoms with van der Waals surface area (Å²) < 4.78 is 5.53. The number of phenols is 1. The van der Waals surface area contributed by atoms with Crippen LogP contribution in [0.2, 0.25) is 0 Å². The number of carboxylic acids is 1. The number of amides is 2. The highest BCUT2D eigenvalue weighted by atomic mass is 16.5. The van der Waals surface area contributed by atoms with Crippen molar-refractivity contribution in [2.24, 2.45) is 5.92 Å². The van der Waals surface area contributed by atoms with Crippen molar-refractivity contribution in [3.8, 4) is 16.9 Å². The van der Waals surface area contributed by atoms with Crippen LogP contribution in [0.15, 0.2) is 66.7 Å². The zero-order valence-electron chi connectivity index (χ0n) is 19.3. The van der Waals surface area contributed by atoms with Crippen LogP contribution < -0.4 is 10.6 Å². The Labute approximate surface area is 202 Å². The van der Waals surface area contributed by atoms with Crippen molar-refractivity contribution in [1.82, 2.24) is 5.32 Å². The number of rotatable bonds is 7. The lowest BCUT2D eigenvalue weighted by atomic mass is 9.98. The number of hydrogen-bond donors (Lipinski definition) is 4. The van der Waals surface area contributed by atoms with E-state index < -0.39 is 29.9 Å². The molecule has 0 aliphatic heterocycles. The quantitative estimate of drug-likeness (QED) is 0.371. The zero-order chi connectivity index (χ0) is 25.1. The molecule has 2 amide bonds. The van der Waals surface area contributed by atoms with E-state index in [-0.39, 0.29) is 29.5 Å². The molecule has 2 atom stereocenters. The summed E-state index contributed by atoms with van der Waals surface area (Å²) in [6, 6.07) is 19.1. The minimum atomic E-state index is -1.18. The van der Waals surface area contributed by atoms with Gasteiger partial charge < -0.3 is 25.6 Å². The minimum Gasteiger partial charge on any atom is -0.506 e. The number of carboxylic acid groups (broad SMARTS) is 1. The van der Waals surface area contributed by atoms with Gasteiger partial charge in [0.25, 0.3) is 0 Å². The van der Waals surface area contributed by atoms with Crippen molar-refractivity contribution in [1.29, 1.82) is 0 Å². The first-order valence-electron chi connectivity index (χ1n) is 11.2. The summed E-state index contributed by atoms with van der Waals surface area (Å²) in [6.07, 6.45) is -0.644. The predicted octanol–water partition coefficient (Wildman–Crippen LogP) is 4.59. The SMILES string of the molecule is CC(NC(=O)OCC1c2ccccc2-c2ccccc21)C(C)C(=O)Nc1cc(C(=O)O)ccc1O. The molecule has 0 saturated carbocycles. The van der Waals surface area contributed by atoms with Gasteiger partial charge in [-0.15, -0.1) is 0 Å². The van der Waals surface area contributed by atoms with Gasteiger partial charge in [0, 0.05) is 12.0 Å². The van der Waals surface area contributed by atoms with Crippen LogP contribution in [0.5, 0.6) is 5.75 Å². The number of carbonyl (C=O) groups excluding carboxylic acids is 2. The van der Waals surface area contributed by atoms with Gasteiger partial charge in [0.1, 0.15) is 12.4 Å². The molecule has 4 rings (SSSR count). The molecule has 0 bridgehead atoms. The van der Waals surface area contributed by atoms with E-state index in [1.54, 1.807) is 13.8 Å². The molecule has 3 aromatic rings. The molecule has 0 spiro atoms. The number of alkyl carbamates (subject to hydrolysis) is 1. The van der Waals surface area contributed by atoms with E-state index in [4.69, 9.17) is 9.84 Å². The highest BCUT2D eigenvalue weighted by Gasteiger charge is 2.30. The second-order valence-corrected chi connectivity index (χ2v) is 8.57. The molecule has 0 heterocycles. The molecule has 35 heavy (non-hydrogen) atoms. The van der Waals surface area contributed by atoms with Crippen LogP contribution in [-0.4, -0.2) is 40.8 Å². The maximum atomic E-state index is 12.6. The molecule has 3 aromatic carbocycles. The number of carbonyl (C=O) groups is 3. The van der Waals surface area contributed by atoms with Crippen LogP contribution in [0.4, 0.5) is 10.5 Å². The Bertz CT molecular complexity index is 1240. The summed E-state index contributed by atoms with van der Waals surface area (Å²) in [5.41, 5.74) is 4.37. The number of phenolic OH excluding ortho intramolecular Hbond substituents is 1. The maximum Gasteiger partial charge on any atom is 0.407 e. The Hall–Kier alpha value is -4.33. The van der Waals surface area contributed by atoms with Crippen LogP contribution >= 0.6 is 0 Å². The number of ether oxygens (including phenoxy) is 1. The van der Waals surface area contributed by atoms with Crippen molar-refractivity contribution in [3.63, 3.8) is 0 Å². The van der Waals surface area contributed by atoms with E-state index in [0.717, 1.165) is 22.3 Å². The fourth-order valence-corrected chi connectivity index (χ4v) is 4.19. The maximum absolute atomic E-state index is 12.6. The van der Waals surface area contributed by atoms with Gasteiger partial charge in [-0.2, -0.15) is 0 Å². The van der Waals surface area contributed by atoms with Crippen molar-refractivity contribution < 1.29 is 29.3 Å². The third kappa shape index (κ3) is 4.96. The van der Waals surface area contributed by atoms with Crippen molar-refractivity contribution in [2.45, 2.75) is 25.8 Å². The first kappa shape index (κ1) is 23.8. The van der Waals surface area contributed by atoms with E-state index in [1.807, 2.05) is 36.4 Å². The van der Waals surface area contributed by atoms with Crippen LogP contribution in [0, 0.1) is 5.92 Å². The third-order valence-electron chi connectivity index (χ3n) is 6.35. The molecule has 1 aliphatic rings. The Morgan fingerprint density at radius 1 is 0.943 bits per heavy atom. The number of nitrogens with one attached hydrogen (secondary N) is 2. The molecule has 8 nitrogen and oxygen atoms in total. The van der Waals surface area contributed by atoms with Crippen LogP contribution in [0.3, 0.4) is 0 Å². The average Bonchev–Trinajstić information content (AvgIpc) is 3.17.